The third-order valence-electron chi connectivity index (χ3n) is 5.91. The van der Waals surface area contributed by atoms with Gasteiger partial charge >= 0.3 is 0 Å². The second kappa shape index (κ2) is 7.50. The van der Waals surface area contributed by atoms with Gasteiger partial charge in [-0.15, -0.1) is 0 Å². The predicted molar refractivity (Wildman–Crippen MR) is 110 cm³/mol. The zero-order chi connectivity index (χ0) is 19.8. The molecule has 1 amide bonds. The lowest BCUT2D eigenvalue weighted by molar-refractivity contribution is -0.0670. The molecule has 5 rings (SSSR count). The van der Waals surface area contributed by atoms with Crippen LogP contribution in [-0.4, -0.2) is 54.2 Å². The zero-order valence-electron chi connectivity index (χ0n) is 16.3. The number of aromatic nitrogens is 1. The minimum Gasteiger partial charge on any atom is -0.423 e. The lowest BCUT2D eigenvalue weighted by Gasteiger charge is -2.46. The second-order valence-corrected chi connectivity index (χ2v) is 7.81. The van der Waals surface area contributed by atoms with Crippen LogP contribution in [0, 0.1) is 0 Å². The zero-order valence-corrected chi connectivity index (χ0v) is 16.3. The number of benzene rings is 2. The number of hydrogen-bond acceptors (Lipinski definition) is 6. The summed E-state index contributed by atoms with van der Waals surface area (Å²) in [5.74, 6) is -0.108. The molecule has 150 valence electrons. The van der Waals surface area contributed by atoms with E-state index in [1.54, 1.807) is 6.07 Å². The molecule has 0 radical (unpaired) electrons. The number of piperidine rings is 1. The van der Waals surface area contributed by atoms with Crippen LogP contribution in [0.2, 0.25) is 0 Å². The van der Waals surface area contributed by atoms with Gasteiger partial charge < -0.3 is 19.8 Å². The van der Waals surface area contributed by atoms with E-state index in [1.165, 1.54) is 0 Å². The van der Waals surface area contributed by atoms with Crippen LogP contribution in [-0.2, 0) is 4.74 Å². The number of morpholine rings is 1. The average Bonchev–Trinajstić information content (AvgIpc) is 3.12. The van der Waals surface area contributed by atoms with Gasteiger partial charge in [0.05, 0.1) is 18.8 Å². The molecule has 2 fully saturated rings. The lowest BCUT2D eigenvalue weighted by atomic mass is 9.90. The van der Waals surface area contributed by atoms with E-state index in [-0.39, 0.29) is 11.9 Å². The SMILES string of the molecule is CN1C2COCC1CC(NC(=O)c1cccc3oc(Nc4ccccc4)nc13)C2. The van der Waals surface area contributed by atoms with Gasteiger partial charge in [-0.05, 0) is 44.2 Å². The molecule has 3 heterocycles. The molecule has 0 spiro atoms. The molecule has 7 nitrogen and oxygen atoms in total. The van der Waals surface area contributed by atoms with E-state index < -0.39 is 0 Å². The molecule has 2 aromatic carbocycles. The number of ether oxygens (including phenoxy) is 1. The van der Waals surface area contributed by atoms with Crippen molar-refractivity contribution in [2.75, 3.05) is 25.6 Å². The van der Waals surface area contributed by atoms with E-state index in [2.05, 4.69) is 27.6 Å². The number of likely N-dealkylation sites (N-methyl/N-ethyl adjacent to an activating group) is 1. The minimum atomic E-state index is -0.108. The summed E-state index contributed by atoms with van der Waals surface area (Å²) in [7, 11) is 2.15. The minimum absolute atomic E-state index is 0.108. The first kappa shape index (κ1) is 18.1. The van der Waals surface area contributed by atoms with Crippen LogP contribution >= 0.6 is 0 Å². The number of rotatable bonds is 4. The molecule has 2 N–H and O–H groups in total. The van der Waals surface area contributed by atoms with Crippen molar-refractivity contribution in [2.24, 2.45) is 0 Å². The van der Waals surface area contributed by atoms with Crippen LogP contribution in [0.15, 0.2) is 52.9 Å². The highest BCUT2D eigenvalue weighted by Gasteiger charge is 2.37. The molecule has 2 aliphatic rings. The first-order valence-electron chi connectivity index (χ1n) is 9.99. The van der Waals surface area contributed by atoms with Gasteiger partial charge in [-0.2, -0.15) is 4.98 Å². The summed E-state index contributed by atoms with van der Waals surface area (Å²) in [5, 5.41) is 6.36. The highest BCUT2D eigenvalue weighted by molar-refractivity contribution is 6.04. The molecular weight excluding hydrogens is 368 g/mol. The number of carbonyl (C=O) groups is 1. The molecule has 2 bridgehead atoms. The molecule has 29 heavy (non-hydrogen) atoms. The van der Waals surface area contributed by atoms with Crippen molar-refractivity contribution in [2.45, 2.75) is 31.0 Å². The van der Waals surface area contributed by atoms with Crippen molar-refractivity contribution in [3.63, 3.8) is 0 Å². The fourth-order valence-corrected chi connectivity index (χ4v) is 4.31. The molecular formula is C22H24N4O3. The van der Waals surface area contributed by atoms with E-state index >= 15 is 0 Å². The number of nitrogens with one attached hydrogen (secondary N) is 2. The van der Waals surface area contributed by atoms with Crippen LogP contribution in [0.3, 0.4) is 0 Å². The molecule has 3 aromatic rings. The largest absolute Gasteiger partial charge is 0.423 e. The molecule has 0 saturated carbocycles. The summed E-state index contributed by atoms with van der Waals surface area (Å²) in [6.07, 6.45) is 1.79. The number of nitrogens with zero attached hydrogens (tertiary/aromatic N) is 2. The molecule has 2 aliphatic heterocycles. The summed E-state index contributed by atoms with van der Waals surface area (Å²) >= 11 is 0. The monoisotopic (exact) mass is 392 g/mol. The van der Waals surface area contributed by atoms with Crippen molar-refractivity contribution < 1.29 is 13.9 Å². The van der Waals surface area contributed by atoms with Crippen molar-refractivity contribution in [3.05, 3.63) is 54.1 Å². The van der Waals surface area contributed by atoms with Gasteiger partial charge in [0.2, 0.25) is 0 Å². The number of anilines is 2. The number of para-hydroxylation sites is 2. The van der Waals surface area contributed by atoms with Crippen molar-refractivity contribution >= 4 is 28.7 Å². The Morgan fingerprint density at radius 3 is 2.59 bits per heavy atom. The highest BCUT2D eigenvalue weighted by atomic mass is 16.5. The van der Waals surface area contributed by atoms with Crippen molar-refractivity contribution in [1.82, 2.24) is 15.2 Å². The lowest BCUT2D eigenvalue weighted by Crippen LogP contribution is -2.59. The Balaban J connectivity index is 1.35. The Kier molecular flexibility index (Phi) is 4.69. The highest BCUT2D eigenvalue weighted by Crippen LogP contribution is 2.28. The van der Waals surface area contributed by atoms with Gasteiger partial charge in [-0.3, -0.25) is 9.69 Å². The number of oxazole rings is 1. The Bertz CT molecular complexity index is 1010. The summed E-state index contributed by atoms with van der Waals surface area (Å²) in [4.78, 5) is 19.9. The Morgan fingerprint density at radius 2 is 1.83 bits per heavy atom. The van der Waals surface area contributed by atoms with Crippen molar-refractivity contribution in [3.8, 4) is 0 Å². The maximum atomic E-state index is 13.0. The smallest absolute Gasteiger partial charge is 0.300 e. The summed E-state index contributed by atoms with van der Waals surface area (Å²) in [6.45, 7) is 1.46. The first-order chi connectivity index (χ1) is 14.2. The van der Waals surface area contributed by atoms with E-state index in [0.29, 0.717) is 34.8 Å². The Morgan fingerprint density at radius 1 is 1.07 bits per heavy atom. The summed E-state index contributed by atoms with van der Waals surface area (Å²) < 4.78 is 11.5. The van der Waals surface area contributed by atoms with E-state index in [9.17, 15) is 4.79 Å². The van der Waals surface area contributed by atoms with Crippen LogP contribution in [0.4, 0.5) is 11.7 Å². The normalized spacial score (nSPS) is 24.4. The summed E-state index contributed by atoms with van der Waals surface area (Å²) in [6, 6.07) is 16.4. The van der Waals surface area contributed by atoms with E-state index in [4.69, 9.17) is 9.15 Å². The number of carbonyl (C=O) groups excluding carboxylic acids is 1. The quantitative estimate of drug-likeness (QED) is 0.710. The van der Waals surface area contributed by atoms with Gasteiger partial charge in [0.15, 0.2) is 5.58 Å². The average molecular weight is 392 g/mol. The molecule has 0 aliphatic carbocycles. The fraction of sp³-hybridized carbons (Fsp3) is 0.364. The van der Waals surface area contributed by atoms with Gasteiger partial charge in [0.1, 0.15) is 5.52 Å². The van der Waals surface area contributed by atoms with Crippen LogP contribution in [0.5, 0.6) is 0 Å². The van der Waals surface area contributed by atoms with Gasteiger partial charge in [0.25, 0.3) is 11.9 Å². The van der Waals surface area contributed by atoms with Gasteiger partial charge in [-0.1, -0.05) is 24.3 Å². The third kappa shape index (κ3) is 3.59. The molecule has 2 atom stereocenters. The van der Waals surface area contributed by atoms with E-state index in [1.807, 2.05) is 42.5 Å². The molecule has 2 saturated heterocycles. The first-order valence-corrected chi connectivity index (χ1v) is 9.99. The van der Waals surface area contributed by atoms with Crippen LogP contribution in [0.1, 0.15) is 23.2 Å². The number of fused-ring (bicyclic) bond motifs is 3. The second-order valence-electron chi connectivity index (χ2n) is 7.81. The van der Waals surface area contributed by atoms with Crippen molar-refractivity contribution in [1.29, 1.82) is 0 Å². The Labute approximate surface area is 169 Å². The standard InChI is InChI=1S/C22H24N4O3/c1-26-16-10-15(11-17(26)13-28-12-16)23-21(27)18-8-5-9-19-20(18)25-22(29-19)24-14-6-3-2-4-7-14/h2-9,15-17H,10-13H2,1H3,(H,23,27)(H,24,25). The van der Waals surface area contributed by atoms with Crippen LogP contribution < -0.4 is 10.6 Å². The summed E-state index contributed by atoms with van der Waals surface area (Å²) in [5.41, 5.74) is 2.57. The Hall–Kier alpha value is -2.90. The van der Waals surface area contributed by atoms with Gasteiger partial charge in [-0.25, -0.2) is 0 Å². The molecule has 7 heteroatoms. The van der Waals surface area contributed by atoms with E-state index in [0.717, 1.165) is 31.7 Å². The third-order valence-corrected chi connectivity index (χ3v) is 5.91. The molecule has 1 aromatic heterocycles. The number of amides is 1. The molecule has 2 unspecified atom stereocenters. The maximum Gasteiger partial charge on any atom is 0.300 e. The van der Waals surface area contributed by atoms with Crippen LogP contribution in [0.25, 0.3) is 11.1 Å². The topological polar surface area (TPSA) is 79.6 Å². The maximum absolute atomic E-state index is 13.0. The van der Waals surface area contributed by atoms with Gasteiger partial charge in [0, 0.05) is 23.8 Å². The number of hydrogen-bond donors (Lipinski definition) is 2. The fourth-order valence-electron chi connectivity index (χ4n) is 4.31. The predicted octanol–water partition coefficient (Wildman–Crippen LogP) is 3.16.